The highest BCUT2D eigenvalue weighted by Gasteiger charge is 2.24. The summed E-state index contributed by atoms with van der Waals surface area (Å²) in [5.41, 5.74) is 1.23. The molecule has 0 radical (unpaired) electrons. The van der Waals surface area contributed by atoms with Gasteiger partial charge in [0.15, 0.2) is 0 Å². The van der Waals surface area contributed by atoms with Crippen LogP contribution < -0.4 is 16.0 Å². The van der Waals surface area contributed by atoms with Crippen molar-refractivity contribution in [1.29, 1.82) is 0 Å². The van der Waals surface area contributed by atoms with Gasteiger partial charge in [0.1, 0.15) is 6.04 Å². The Bertz CT molecular complexity index is 628. The third-order valence-corrected chi connectivity index (χ3v) is 4.27. The minimum atomic E-state index is -0.486. The number of piperidine rings is 1. The second-order valence-corrected chi connectivity index (χ2v) is 6.47. The van der Waals surface area contributed by atoms with Crippen LogP contribution in [-0.2, 0) is 9.59 Å². The first-order valence-corrected chi connectivity index (χ1v) is 8.39. The van der Waals surface area contributed by atoms with Crippen LogP contribution in [0.3, 0.4) is 0 Å². The van der Waals surface area contributed by atoms with Gasteiger partial charge in [0, 0.05) is 19.0 Å². The van der Waals surface area contributed by atoms with Crippen LogP contribution in [0, 0.1) is 6.92 Å². The predicted molar refractivity (Wildman–Crippen MR) is 91.9 cm³/mol. The molecule has 2 rings (SSSR count). The minimum Gasteiger partial charge on any atom is -0.352 e. The monoisotopic (exact) mass is 351 g/mol. The molecule has 3 N–H and O–H groups in total. The lowest BCUT2D eigenvalue weighted by atomic mass is 10.0. The Hall–Kier alpha value is -2.08. The lowest BCUT2D eigenvalue weighted by molar-refractivity contribution is -0.131. The van der Waals surface area contributed by atoms with E-state index in [1.165, 1.54) is 0 Å². The van der Waals surface area contributed by atoms with E-state index in [4.69, 9.17) is 11.6 Å². The Labute approximate surface area is 146 Å². The normalized spacial score (nSPS) is 18.5. The van der Waals surface area contributed by atoms with Crippen molar-refractivity contribution < 1.29 is 14.4 Å². The zero-order valence-corrected chi connectivity index (χ0v) is 14.6. The first-order valence-electron chi connectivity index (χ1n) is 8.01. The van der Waals surface area contributed by atoms with Crippen molar-refractivity contribution in [2.45, 2.75) is 45.2 Å². The molecule has 1 aliphatic heterocycles. The number of hydrogen-bond donors (Lipinski definition) is 3. The molecule has 0 saturated carbocycles. The number of benzene rings is 1. The molecule has 24 heavy (non-hydrogen) atoms. The molecule has 7 heteroatoms. The lowest BCUT2D eigenvalue weighted by Crippen LogP contribution is -2.51. The fraction of sp³-hybridized carbons (Fsp3) is 0.471. The molecule has 1 fully saturated rings. The maximum atomic E-state index is 12.3. The molecule has 1 saturated heterocycles. The molecule has 1 heterocycles. The van der Waals surface area contributed by atoms with Crippen LogP contribution in [0.1, 0.15) is 42.1 Å². The smallest absolute Gasteiger partial charge is 0.253 e. The molecule has 1 aromatic rings. The van der Waals surface area contributed by atoms with Crippen LogP contribution in [0.4, 0.5) is 0 Å². The first-order chi connectivity index (χ1) is 11.4. The molecule has 0 unspecified atom stereocenters. The second-order valence-electron chi connectivity index (χ2n) is 6.06. The maximum Gasteiger partial charge on any atom is 0.253 e. The van der Waals surface area contributed by atoms with Gasteiger partial charge in [-0.25, -0.2) is 0 Å². The van der Waals surface area contributed by atoms with Gasteiger partial charge in [-0.2, -0.15) is 0 Å². The number of amides is 3. The van der Waals surface area contributed by atoms with Crippen molar-refractivity contribution in [3.63, 3.8) is 0 Å². The Morgan fingerprint density at radius 2 is 2.17 bits per heavy atom. The average molecular weight is 352 g/mol. The Balaban J connectivity index is 1.84. The summed E-state index contributed by atoms with van der Waals surface area (Å²) in [4.78, 5) is 35.7. The second kappa shape index (κ2) is 8.15. The molecule has 1 aliphatic rings. The number of hydrogen-bond acceptors (Lipinski definition) is 3. The number of nitrogens with one attached hydrogen (secondary N) is 3. The van der Waals surface area contributed by atoms with E-state index >= 15 is 0 Å². The van der Waals surface area contributed by atoms with E-state index in [2.05, 4.69) is 16.0 Å². The van der Waals surface area contributed by atoms with Crippen molar-refractivity contribution in [3.05, 3.63) is 34.3 Å². The van der Waals surface area contributed by atoms with Crippen molar-refractivity contribution in [2.24, 2.45) is 0 Å². The quantitative estimate of drug-likeness (QED) is 0.752. The summed E-state index contributed by atoms with van der Waals surface area (Å²) in [7, 11) is 0. The van der Waals surface area contributed by atoms with Crippen LogP contribution in [0.2, 0.25) is 5.02 Å². The molecule has 130 valence electrons. The third-order valence-electron chi connectivity index (χ3n) is 3.96. The average Bonchev–Trinajstić information content (AvgIpc) is 2.52. The van der Waals surface area contributed by atoms with Crippen molar-refractivity contribution in [1.82, 2.24) is 16.0 Å². The van der Waals surface area contributed by atoms with Gasteiger partial charge in [-0.05, 0) is 38.3 Å². The molecule has 0 spiro atoms. The summed E-state index contributed by atoms with van der Waals surface area (Å²) >= 11 is 6.08. The number of halogens is 1. The van der Waals surface area contributed by atoms with Gasteiger partial charge in [0.05, 0.1) is 10.6 Å². The Morgan fingerprint density at radius 1 is 1.42 bits per heavy atom. The highest BCUT2D eigenvalue weighted by Crippen LogP contribution is 2.19. The molecule has 2 atom stereocenters. The van der Waals surface area contributed by atoms with Gasteiger partial charge in [-0.1, -0.05) is 23.7 Å². The molecule has 1 aromatic carbocycles. The van der Waals surface area contributed by atoms with E-state index in [-0.39, 0.29) is 30.3 Å². The van der Waals surface area contributed by atoms with Gasteiger partial charge in [0.2, 0.25) is 11.8 Å². The number of carbonyl (C=O) groups is 3. The maximum absolute atomic E-state index is 12.3. The molecule has 0 aromatic heterocycles. The summed E-state index contributed by atoms with van der Waals surface area (Å²) < 4.78 is 0. The molecular weight excluding hydrogens is 330 g/mol. The third kappa shape index (κ3) is 4.71. The molecule has 0 bridgehead atoms. The first kappa shape index (κ1) is 18.3. The number of aryl methyl sites for hydroxylation is 1. The van der Waals surface area contributed by atoms with E-state index in [1.807, 2.05) is 13.0 Å². The van der Waals surface area contributed by atoms with Crippen LogP contribution in [0.25, 0.3) is 0 Å². The zero-order chi connectivity index (χ0) is 17.7. The van der Waals surface area contributed by atoms with E-state index in [0.29, 0.717) is 29.8 Å². The molecule has 0 aliphatic carbocycles. The van der Waals surface area contributed by atoms with Gasteiger partial charge in [0.25, 0.3) is 5.91 Å². The van der Waals surface area contributed by atoms with Crippen LogP contribution in [0.5, 0.6) is 0 Å². The summed E-state index contributed by atoms with van der Waals surface area (Å²) in [6.07, 6.45) is 1.81. The topological polar surface area (TPSA) is 87.3 Å². The SMILES string of the molecule is Cc1cccc(Cl)c1C(=O)N[C@@H](C)CNC(=O)[C@H]1CCCC(=O)N1. The van der Waals surface area contributed by atoms with Crippen molar-refractivity contribution in [2.75, 3.05) is 6.54 Å². The van der Waals surface area contributed by atoms with Crippen LogP contribution >= 0.6 is 11.6 Å². The summed E-state index contributed by atoms with van der Waals surface area (Å²) in [6, 6.07) is 4.52. The van der Waals surface area contributed by atoms with E-state index < -0.39 is 6.04 Å². The number of rotatable bonds is 5. The Morgan fingerprint density at radius 3 is 2.83 bits per heavy atom. The van der Waals surface area contributed by atoms with Gasteiger partial charge < -0.3 is 16.0 Å². The van der Waals surface area contributed by atoms with Gasteiger partial charge in [-0.3, -0.25) is 14.4 Å². The fourth-order valence-corrected chi connectivity index (χ4v) is 2.95. The lowest BCUT2D eigenvalue weighted by Gasteiger charge is -2.23. The summed E-state index contributed by atoms with van der Waals surface area (Å²) in [6.45, 7) is 3.89. The summed E-state index contributed by atoms with van der Waals surface area (Å²) in [5, 5.41) is 8.64. The van der Waals surface area contributed by atoms with Crippen molar-refractivity contribution >= 4 is 29.3 Å². The zero-order valence-electron chi connectivity index (χ0n) is 13.8. The highest BCUT2D eigenvalue weighted by atomic mass is 35.5. The Kier molecular flexibility index (Phi) is 6.20. The summed E-state index contributed by atoms with van der Waals surface area (Å²) in [5.74, 6) is -0.596. The minimum absolute atomic E-state index is 0.100. The largest absolute Gasteiger partial charge is 0.352 e. The van der Waals surface area contributed by atoms with Crippen LogP contribution in [-0.4, -0.2) is 36.3 Å². The highest BCUT2D eigenvalue weighted by molar-refractivity contribution is 6.34. The van der Waals surface area contributed by atoms with E-state index in [1.54, 1.807) is 19.1 Å². The van der Waals surface area contributed by atoms with Gasteiger partial charge in [-0.15, -0.1) is 0 Å². The van der Waals surface area contributed by atoms with E-state index in [0.717, 1.165) is 5.56 Å². The predicted octanol–water partition coefficient (Wildman–Crippen LogP) is 1.55. The molecule has 3 amide bonds. The van der Waals surface area contributed by atoms with Crippen LogP contribution in [0.15, 0.2) is 18.2 Å². The van der Waals surface area contributed by atoms with E-state index in [9.17, 15) is 14.4 Å². The molecule has 6 nitrogen and oxygen atoms in total. The molecular formula is C17H22ClN3O3. The number of carbonyl (C=O) groups excluding carboxylic acids is 3. The van der Waals surface area contributed by atoms with Crippen molar-refractivity contribution in [3.8, 4) is 0 Å². The fourth-order valence-electron chi connectivity index (χ4n) is 2.65. The van der Waals surface area contributed by atoms with Gasteiger partial charge >= 0.3 is 0 Å². The standard InChI is InChI=1S/C17H22ClN3O3/c1-10-5-3-6-12(18)15(10)17(24)20-11(2)9-19-16(23)13-7-4-8-14(22)21-13/h3,5-6,11,13H,4,7-9H2,1-2H3,(H,19,23)(H,20,24)(H,21,22)/t11-,13+/m0/s1.